The van der Waals surface area contributed by atoms with E-state index in [1.807, 2.05) is 12.1 Å². The average Bonchev–Trinajstić information content (AvgIpc) is 2.65. The molecule has 1 aromatic rings. The Morgan fingerprint density at radius 3 is 2.35 bits per heavy atom. The first-order valence-electron chi connectivity index (χ1n) is 5.99. The summed E-state index contributed by atoms with van der Waals surface area (Å²) in [6.07, 6.45) is 1.76. The van der Waals surface area contributed by atoms with E-state index < -0.39 is 0 Å². The number of methoxy groups -OCH3 is 2. The van der Waals surface area contributed by atoms with Gasteiger partial charge in [0.25, 0.3) is 5.91 Å². The number of thiocarbonyl (C=S) groups is 1. The summed E-state index contributed by atoms with van der Waals surface area (Å²) in [7, 11) is 6.60. The van der Waals surface area contributed by atoms with Crippen molar-refractivity contribution in [3.63, 3.8) is 0 Å². The molecule has 1 aliphatic heterocycles. The zero-order valence-electron chi connectivity index (χ0n) is 11.8. The fraction of sp³-hybridized carbons (Fsp3) is 0.286. The lowest BCUT2D eigenvalue weighted by Crippen LogP contribution is -2.26. The number of benzene rings is 1. The molecule has 1 aromatic carbocycles. The van der Waals surface area contributed by atoms with Crippen LogP contribution in [0.2, 0.25) is 0 Å². The lowest BCUT2D eigenvalue weighted by atomic mass is 10.1. The molecular formula is C14H16N2O3S. The third-order valence-corrected chi connectivity index (χ3v) is 3.74. The molecule has 20 heavy (non-hydrogen) atoms. The largest absolute Gasteiger partial charge is 0.497 e. The molecule has 0 aliphatic carbocycles. The smallest absolute Gasteiger partial charge is 0.276 e. The number of hydrogen-bond acceptors (Lipinski definition) is 4. The van der Waals surface area contributed by atoms with Gasteiger partial charge >= 0.3 is 0 Å². The van der Waals surface area contributed by atoms with Crippen LogP contribution in [0.4, 0.5) is 0 Å². The van der Waals surface area contributed by atoms with Gasteiger partial charge in [-0.15, -0.1) is 0 Å². The maximum atomic E-state index is 12.1. The molecule has 1 saturated heterocycles. The summed E-state index contributed by atoms with van der Waals surface area (Å²) in [6, 6.07) is 5.43. The SMILES string of the molecule is COc1ccc(C=C2C(=O)N(C)C(=S)N2C)c(OC)c1. The Morgan fingerprint density at radius 2 is 1.85 bits per heavy atom. The molecule has 2 rings (SSSR count). The molecule has 106 valence electrons. The van der Waals surface area contributed by atoms with Gasteiger partial charge in [-0.3, -0.25) is 9.69 Å². The van der Waals surface area contributed by atoms with Crippen LogP contribution in [0, 0.1) is 0 Å². The number of nitrogens with zero attached hydrogens (tertiary/aromatic N) is 2. The first-order chi connectivity index (χ1) is 9.49. The maximum Gasteiger partial charge on any atom is 0.276 e. The van der Waals surface area contributed by atoms with Crippen molar-refractivity contribution in [1.29, 1.82) is 0 Å². The zero-order valence-corrected chi connectivity index (χ0v) is 12.7. The summed E-state index contributed by atoms with van der Waals surface area (Å²) < 4.78 is 10.5. The zero-order chi connectivity index (χ0) is 14.9. The number of rotatable bonds is 3. The average molecular weight is 292 g/mol. The molecular weight excluding hydrogens is 276 g/mol. The van der Waals surface area contributed by atoms with Crippen LogP contribution in [0.5, 0.6) is 11.5 Å². The number of carbonyl (C=O) groups is 1. The molecule has 0 unspecified atom stereocenters. The van der Waals surface area contributed by atoms with Crippen molar-refractivity contribution >= 4 is 29.3 Å². The Kier molecular flexibility index (Phi) is 3.94. The van der Waals surface area contributed by atoms with Gasteiger partial charge in [0.15, 0.2) is 5.11 Å². The first kappa shape index (κ1) is 14.3. The van der Waals surface area contributed by atoms with E-state index in [-0.39, 0.29) is 5.91 Å². The van der Waals surface area contributed by atoms with E-state index in [2.05, 4.69) is 0 Å². The van der Waals surface area contributed by atoms with Crippen LogP contribution in [0.25, 0.3) is 6.08 Å². The highest BCUT2D eigenvalue weighted by Gasteiger charge is 2.32. The van der Waals surface area contributed by atoms with E-state index in [1.54, 1.807) is 45.4 Å². The van der Waals surface area contributed by atoms with Crippen molar-refractivity contribution in [3.05, 3.63) is 29.5 Å². The number of hydrogen-bond donors (Lipinski definition) is 0. The molecule has 5 nitrogen and oxygen atoms in total. The van der Waals surface area contributed by atoms with Gasteiger partial charge < -0.3 is 14.4 Å². The normalized spacial score (nSPS) is 17.1. The van der Waals surface area contributed by atoms with Crippen molar-refractivity contribution in [2.45, 2.75) is 0 Å². The van der Waals surface area contributed by atoms with Gasteiger partial charge in [-0.1, -0.05) is 0 Å². The summed E-state index contributed by atoms with van der Waals surface area (Å²) in [4.78, 5) is 15.2. The molecule has 0 aromatic heterocycles. The Bertz CT molecular complexity index is 598. The molecule has 1 amide bonds. The Morgan fingerprint density at radius 1 is 1.15 bits per heavy atom. The minimum absolute atomic E-state index is 0.129. The van der Waals surface area contributed by atoms with Crippen LogP contribution < -0.4 is 9.47 Å². The van der Waals surface area contributed by atoms with Gasteiger partial charge in [0, 0.05) is 25.7 Å². The summed E-state index contributed by atoms with van der Waals surface area (Å²) >= 11 is 5.17. The molecule has 0 bridgehead atoms. The monoisotopic (exact) mass is 292 g/mol. The number of likely N-dealkylation sites (N-methyl/N-ethyl adjacent to an activating group) is 2. The first-order valence-corrected chi connectivity index (χ1v) is 6.40. The van der Waals surface area contributed by atoms with E-state index in [0.717, 1.165) is 5.56 Å². The molecule has 0 N–H and O–H groups in total. The third kappa shape index (κ3) is 2.34. The van der Waals surface area contributed by atoms with Crippen molar-refractivity contribution in [2.24, 2.45) is 0 Å². The second-order valence-corrected chi connectivity index (χ2v) is 4.71. The van der Waals surface area contributed by atoms with Gasteiger partial charge in [-0.05, 0) is 30.4 Å². The predicted molar refractivity (Wildman–Crippen MR) is 80.7 cm³/mol. The van der Waals surface area contributed by atoms with Gasteiger partial charge in [-0.25, -0.2) is 0 Å². The Labute approximate surface area is 123 Å². The quantitative estimate of drug-likeness (QED) is 0.627. The lowest BCUT2D eigenvalue weighted by Gasteiger charge is -2.12. The van der Waals surface area contributed by atoms with Crippen LogP contribution in [-0.2, 0) is 4.79 Å². The standard InChI is InChI=1S/C14H16N2O3S/c1-15-11(13(17)16(2)14(15)20)7-9-5-6-10(18-3)8-12(9)19-4/h5-8H,1-4H3. The van der Waals surface area contributed by atoms with Crippen LogP contribution in [-0.4, -0.2) is 49.1 Å². The molecule has 1 aliphatic rings. The van der Waals surface area contributed by atoms with Gasteiger partial charge in [0.05, 0.1) is 14.2 Å². The van der Waals surface area contributed by atoms with Crippen LogP contribution >= 0.6 is 12.2 Å². The van der Waals surface area contributed by atoms with Crippen molar-refractivity contribution in [3.8, 4) is 11.5 Å². The minimum atomic E-state index is -0.129. The minimum Gasteiger partial charge on any atom is -0.497 e. The lowest BCUT2D eigenvalue weighted by molar-refractivity contribution is -0.121. The van der Waals surface area contributed by atoms with Crippen LogP contribution in [0.1, 0.15) is 5.56 Å². The second kappa shape index (κ2) is 5.50. The van der Waals surface area contributed by atoms with E-state index in [9.17, 15) is 4.79 Å². The van der Waals surface area contributed by atoms with E-state index in [4.69, 9.17) is 21.7 Å². The molecule has 0 radical (unpaired) electrons. The van der Waals surface area contributed by atoms with E-state index in [0.29, 0.717) is 22.3 Å². The topological polar surface area (TPSA) is 42.0 Å². The summed E-state index contributed by atoms with van der Waals surface area (Å²) in [5.41, 5.74) is 1.31. The molecule has 1 fully saturated rings. The molecule has 0 saturated carbocycles. The van der Waals surface area contributed by atoms with Crippen LogP contribution in [0.15, 0.2) is 23.9 Å². The highest BCUT2D eigenvalue weighted by atomic mass is 32.1. The van der Waals surface area contributed by atoms with Gasteiger partial charge in [0.2, 0.25) is 0 Å². The fourth-order valence-electron chi connectivity index (χ4n) is 1.97. The van der Waals surface area contributed by atoms with Crippen molar-refractivity contribution < 1.29 is 14.3 Å². The number of carbonyl (C=O) groups excluding carboxylic acids is 1. The summed E-state index contributed by atoms with van der Waals surface area (Å²) in [6.45, 7) is 0. The Balaban J connectivity index is 2.45. The Hall–Kier alpha value is -2.08. The predicted octanol–water partition coefficient (Wildman–Crippen LogP) is 1.73. The second-order valence-electron chi connectivity index (χ2n) is 4.34. The molecule has 1 heterocycles. The maximum absolute atomic E-state index is 12.1. The highest BCUT2D eigenvalue weighted by molar-refractivity contribution is 7.80. The van der Waals surface area contributed by atoms with Crippen LogP contribution in [0.3, 0.4) is 0 Å². The number of amides is 1. The molecule has 6 heteroatoms. The van der Waals surface area contributed by atoms with E-state index in [1.165, 1.54) is 4.90 Å². The molecule has 0 spiro atoms. The fourth-order valence-corrected chi connectivity index (χ4v) is 2.15. The third-order valence-electron chi connectivity index (χ3n) is 3.19. The highest BCUT2D eigenvalue weighted by Crippen LogP contribution is 2.28. The van der Waals surface area contributed by atoms with Crippen molar-refractivity contribution in [1.82, 2.24) is 9.80 Å². The van der Waals surface area contributed by atoms with Gasteiger partial charge in [-0.2, -0.15) is 0 Å². The van der Waals surface area contributed by atoms with Gasteiger partial charge in [0.1, 0.15) is 17.2 Å². The van der Waals surface area contributed by atoms with Crippen molar-refractivity contribution in [2.75, 3.05) is 28.3 Å². The summed E-state index contributed by atoms with van der Waals surface area (Å²) in [5.74, 6) is 1.21. The number of ether oxygens (including phenoxy) is 2. The molecule has 0 atom stereocenters. The van der Waals surface area contributed by atoms with E-state index >= 15 is 0 Å². The summed E-state index contributed by atoms with van der Waals surface area (Å²) in [5, 5.41) is 0.480.